The average Bonchev–Trinajstić information content (AvgIpc) is 3.20. The van der Waals surface area contributed by atoms with Crippen molar-refractivity contribution >= 4 is 38.6 Å². The number of thiazole rings is 1. The van der Waals surface area contributed by atoms with Gasteiger partial charge in [-0.25, -0.2) is 18.1 Å². The molecular weight excluding hydrogens is 484 g/mol. The van der Waals surface area contributed by atoms with Gasteiger partial charge in [-0.15, -0.1) is 11.3 Å². The molecule has 3 aromatic rings. The number of nitrogens with one attached hydrogen (secondary N) is 3. The van der Waals surface area contributed by atoms with Gasteiger partial charge in [0, 0.05) is 47.7 Å². The Hall–Kier alpha value is -2.79. The summed E-state index contributed by atoms with van der Waals surface area (Å²) < 4.78 is 29.2. The van der Waals surface area contributed by atoms with Gasteiger partial charge in [0.25, 0.3) is 0 Å². The molecule has 0 aliphatic heterocycles. The predicted molar refractivity (Wildman–Crippen MR) is 142 cm³/mol. The fourth-order valence-electron chi connectivity index (χ4n) is 3.27. The van der Waals surface area contributed by atoms with E-state index in [4.69, 9.17) is 0 Å². The van der Waals surface area contributed by atoms with Crippen molar-refractivity contribution < 1.29 is 18.3 Å². The molecule has 35 heavy (non-hydrogen) atoms. The lowest BCUT2D eigenvalue weighted by molar-refractivity contribution is -0.114. The number of aliphatic hydroxyl groups is 1. The van der Waals surface area contributed by atoms with Crippen LogP contribution in [0.3, 0.4) is 0 Å². The highest BCUT2D eigenvalue weighted by Crippen LogP contribution is 2.37. The summed E-state index contributed by atoms with van der Waals surface area (Å²) in [4.78, 5) is 16.8. The molecule has 0 aliphatic rings. The first-order valence-electron chi connectivity index (χ1n) is 11.1. The molecule has 0 aliphatic carbocycles. The number of sulfonamides is 1. The van der Waals surface area contributed by atoms with Crippen LogP contribution < -0.4 is 15.4 Å². The fraction of sp³-hybridized carbons (Fsp3) is 0.360. The van der Waals surface area contributed by atoms with E-state index in [0.717, 1.165) is 16.3 Å². The van der Waals surface area contributed by atoms with Crippen LogP contribution in [0.2, 0.25) is 0 Å². The largest absolute Gasteiger partial charge is 0.389 e. The van der Waals surface area contributed by atoms with Gasteiger partial charge >= 0.3 is 0 Å². The van der Waals surface area contributed by atoms with Crippen molar-refractivity contribution in [1.82, 2.24) is 9.71 Å². The van der Waals surface area contributed by atoms with E-state index in [-0.39, 0.29) is 10.8 Å². The van der Waals surface area contributed by atoms with E-state index >= 15 is 0 Å². The third-order valence-corrected chi connectivity index (χ3v) is 7.54. The minimum absolute atomic E-state index is 0.0695. The number of benzene rings is 2. The highest BCUT2D eigenvalue weighted by Gasteiger charge is 2.26. The molecule has 4 N–H and O–H groups in total. The van der Waals surface area contributed by atoms with Crippen LogP contribution >= 0.6 is 11.3 Å². The van der Waals surface area contributed by atoms with Crippen molar-refractivity contribution in [2.45, 2.75) is 57.6 Å². The Bertz CT molecular complexity index is 1300. The van der Waals surface area contributed by atoms with E-state index in [0.29, 0.717) is 22.7 Å². The third kappa shape index (κ3) is 7.60. The number of nitrogens with zero attached hydrogens (tertiary/aromatic N) is 1. The molecular formula is C25H32N4O4S2. The topological polar surface area (TPSA) is 120 Å². The van der Waals surface area contributed by atoms with Crippen LogP contribution in [0.1, 0.15) is 41.5 Å². The van der Waals surface area contributed by atoms with Gasteiger partial charge in [-0.3, -0.25) is 4.79 Å². The lowest BCUT2D eigenvalue weighted by atomic mass is 10.1. The molecule has 0 spiro atoms. The maximum Gasteiger partial charge on any atom is 0.241 e. The minimum atomic E-state index is -3.89. The Morgan fingerprint density at radius 2 is 1.66 bits per heavy atom. The Labute approximate surface area is 210 Å². The molecule has 8 nitrogen and oxygen atoms in total. The van der Waals surface area contributed by atoms with Gasteiger partial charge in [0.2, 0.25) is 15.9 Å². The first-order chi connectivity index (χ1) is 16.1. The van der Waals surface area contributed by atoms with Crippen LogP contribution in [-0.2, 0) is 14.8 Å². The number of carbonyl (C=O) groups excluding carboxylic acids is 1. The molecule has 1 heterocycles. The van der Waals surface area contributed by atoms with Gasteiger partial charge in [0.1, 0.15) is 5.01 Å². The summed E-state index contributed by atoms with van der Waals surface area (Å²) in [5.74, 6) is -0.287. The lowest BCUT2D eigenvalue weighted by Gasteiger charge is -2.22. The number of aromatic nitrogens is 1. The number of amides is 1. The Kier molecular flexibility index (Phi) is 7.71. The number of carbonyl (C=O) groups is 1. The van der Waals surface area contributed by atoms with Gasteiger partial charge in [0.05, 0.1) is 15.4 Å². The normalized spacial score (nSPS) is 12.4. The molecule has 3 rings (SSSR count). The van der Waals surface area contributed by atoms with Crippen molar-refractivity contribution in [2.24, 2.45) is 0 Å². The summed E-state index contributed by atoms with van der Waals surface area (Å²) in [7, 11) is -3.89. The summed E-state index contributed by atoms with van der Waals surface area (Å²) in [6.07, 6.45) is 1.66. The fourth-order valence-corrected chi connectivity index (χ4v) is 5.96. The minimum Gasteiger partial charge on any atom is -0.389 e. The van der Waals surface area contributed by atoms with E-state index in [9.17, 15) is 18.3 Å². The highest BCUT2D eigenvalue weighted by molar-refractivity contribution is 7.89. The van der Waals surface area contributed by atoms with E-state index in [1.54, 1.807) is 52.9 Å². The summed E-state index contributed by atoms with van der Waals surface area (Å²) in [5.41, 5.74) is 1.17. The highest BCUT2D eigenvalue weighted by atomic mass is 32.2. The molecule has 2 aromatic carbocycles. The van der Waals surface area contributed by atoms with E-state index in [1.165, 1.54) is 24.3 Å². The van der Waals surface area contributed by atoms with Crippen molar-refractivity contribution in [3.8, 4) is 21.0 Å². The molecule has 0 saturated heterocycles. The zero-order chi connectivity index (χ0) is 26.0. The molecule has 0 unspecified atom stereocenters. The zero-order valence-corrected chi connectivity index (χ0v) is 22.4. The Morgan fingerprint density at radius 1 is 1.03 bits per heavy atom. The standard InChI is InChI=1S/C25H32N4O4S2/c1-16(30)28-19-11-12-20(22(13-19)35(32,33)29-24(2,3)4)21-14-26-23(34-21)17-7-9-18(10-8-17)27-15-25(5,6)31/h7-14,27,29,31H,15H2,1-6H3,(H,28,30). The van der Waals surface area contributed by atoms with Crippen LogP contribution in [0.25, 0.3) is 21.0 Å². The van der Waals surface area contributed by atoms with Crippen LogP contribution in [0, 0.1) is 0 Å². The van der Waals surface area contributed by atoms with Crippen LogP contribution in [-0.4, -0.2) is 42.1 Å². The number of hydrogen-bond acceptors (Lipinski definition) is 7. The predicted octanol–water partition coefficient (Wildman–Crippen LogP) is 4.70. The number of anilines is 2. The molecule has 10 heteroatoms. The van der Waals surface area contributed by atoms with Crippen molar-refractivity contribution in [1.29, 1.82) is 0 Å². The van der Waals surface area contributed by atoms with Gasteiger partial charge in [-0.2, -0.15) is 0 Å². The summed E-state index contributed by atoms with van der Waals surface area (Å²) >= 11 is 1.38. The van der Waals surface area contributed by atoms with E-state index < -0.39 is 21.2 Å². The molecule has 1 amide bonds. The van der Waals surface area contributed by atoms with Gasteiger partial charge in [-0.05, 0) is 71.0 Å². The summed E-state index contributed by atoms with van der Waals surface area (Å²) in [6, 6.07) is 12.5. The molecule has 1 aromatic heterocycles. The second-order valence-corrected chi connectivity index (χ2v) is 12.7. The van der Waals surface area contributed by atoms with Crippen LogP contribution in [0.5, 0.6) is 0 Å². The average molecular weight is 517 g/mol. The first kappa shape index (κ1) is 26.8. The lowest BCUT2D eigenvalue weighted by Crippen LogP contribution is -2.40. The number of rotatable bonds is 8. The maximum atomic E-state index is 13.3. The van der Waals surface area contributed by atoms with Crippen LogP contribution in [0.4, 0.5) is 11.4 Å². The van der Waals surface area contributed by atoms with E-state index in [1.807, 2.05) is 24.3 Å². The molecule has 0 bridgehead atoms. The van der Waals surface area contributed by atoms with Crippen LogP contribution in [0.15, 0.2) is 53.6 Å². The van der Waals surface area contributed by atoms with E-state index in [2.05, 4.69) is 20.3 Å². The molecule has 188 valence electrons. The smallest absolute Gasteiger partial charge is 0.241 e. The molecule has 0 fully saturated rings. The van der Waals surface area contributed by atoms with Crippen molar-refractivity contribution in [3.05, 3.63) is 48.7 Å². The summed E-state index contributed by atoms with van der Waals surface area (Å²) in [5, 5.41) is 16.5. The first-order valence-corrected chi connectivity index (χ1v) is 13.4. The zero-order valence-electron chi connectivity index (χ0n) is 20.8. The molecule has 0 saturated carbocycles. The maximum absolute atomic E-state index is 13.3. The van der Waals surface area contributed by atoms with Gasteiger partial charge in [-0.1, -0.05) is 6.07 Å². The Balaban J connectivity index is 1.96. The van der Waals surface area contributed by atoms with Gasteiger partial charge in [0.15, 0.2) is 0 Å². The number of hydrogen-bond donors (Lipinski definition) is 4. The third-order valence-electron chi connectivity index (χ3n) is 4.66. The monoisotopic (exact) mass is 516 g/mol. The quantitative estimate of drug-likeness (QED) is 0.345. The second kappa shape index (κ2) is 10.1. The molecule has 0 atom stereocenters. The van der Waals surface area contributed by atoms with Crippen molar-refractivity contribution in [3.63, 3.8) is 0 Å². The molecule has 0 radical (unpaired) electrons. The second-order valence-electron chi connectivity index (χ2n) is 10.0. The van der Waals surface area contributed by atoms with Crippen molar-refractivity contribution in [2.75, 3.05) is 17.2 Å². The Morgan fingerprint density at radius 3 is 2.23 bits per heavy atom. The van der Waals surface area contributed by atoms with Gasteiger partial charge < -0.3 is 15.7 Å². The summed E-state index contributed by atoms with van der Waals surface area (Å²) in [6.45, 7) is 10.6. The SMILES string of the molecule is CC(=O)Nc1ccc(-c2cnc(-c3ccc(NCC(C)(C)O)cc3)s2)c(S(=O)(=O)NC(C)(C)C)c1.